The van der Waals surface area contributed by atoms with Crippen molar-refractivity contribution in [2.24, 2.45) is 5.92 Å². The van der Waals surface area contributed by atoms with E-state index in [9.17, 15) is 0 Å². The van der Waals surface area contributed by atoms with Gasteiger partial charge in [-0.25, -0.2) is 0 Å². The van der Waals surface area contributed by atoms with Crippen molar-refractivity contribution < 1.29 is 0 Å². The summed E-state index contributed by atoms with van der Waals surface area (Å²) in [5.41, 5.74) is 9.27. The Labute approximate surface area is 218 Å². The lowest BCUT2D eigenvalue weighted by Crippen LogP contribution is -2.13. The molecule has 0 atom stereocenters. The van der Waals surface area contributed by atoms with Crippen LogP contribution in [0.5, 0.6) is 0 Å². The second kappa shape index (κ2) is 13.7. The van der Waals surface area contributed by atoms with Crippen LogP contribution in [0.3, 0.4) is 0 Å². The van der Waals surface area contributed by atoms with E-state index in [2.05, 4.69) is 78.6 Å². The average Bonchev–Trinajstić information content (AvgIpc) is 2.89. The SMILES string of the molecule is C=CCCC1CCC(c2ccccc2C)CC1.C=Cc1c(/C=C\C)cc(-c2ccc(C)nc2)nc1C. The van der Waals surface area contributed by atoms with Gasteiger partial charge in [-0.2, -0.15) is 0 Å². The smallest absolute Gasteiger partial charge is 0.0727 e. The molecule has 0 amide bonds. The van der Waals surface area contributed by atoms with Crippen LogP contribution in [0.25, 0.3) is 23.4 Å². The zero-order valence-corrected chi connectivity index (χ0v) is 22.6. The molecule has 1 aliphatic carbocycles. The van der Waals surface area contributed by atoms with E-state index in [4.69, 9.17) is 0 Å². The number of rotatable bonds is 7. The zero-order chi connectivity index (χ0) is 25.9. The van der Waals surface area contributed by atoms with Gasteiger partial charge in [0.25, 0.3) is 0 Å². The minimum Gasteiger partial charge on any atom is -0.261 e. The first-order valence-corrected chi connectivity index (χ1v) is 13.3. The number of hydrogen-bond donors (Lipinski definition) is 0. The van der Waals surface area contributed by atoms with E-state index in [0.717, 1.165) is 45.6 Å². The lowest BCUT2D eigenvalue weighted by molar-refractivity contribution is 0.311. The predicted molar refractivity (Wildman–Crippen MR) is 157 cm³/mol. The molecule has 0 unspecified atom stereocenters. The third-order valence-electron chi connectivity index (χ3n) is 7.29. The molecule has 3 aromatic rings. The second-order valence-corrected chi connectivity index (χ2v) is 9.93. The zero-order valence-electron chi connectivity index (χ0n) is 22.6. The van der Waals surface area contributed by atoms with Crippen LogP contribution >= 0.6 is 0 Å². The lowest BCUT2D eigenvalue weighted by atomic mass is 9.76. The topological polar surface area (TPSA) is 25.8 Å². The summed E-state index contributed by atoms with van der Waals surface area (Å²) in [6, 6.07) is 15.0. The van der Waals surface area contributed by atoms with Gasteiger partial charge in [0, 0.05) is 28.7 Å². The predicted octanol–water partition coefficient (Wildman–Crippen LogP) is 9.67. The minimum absolute atomic E-state index is 0.816. The molecule has 0 bridgehead atoms. The standard InChI is InChI=1S/C17H18N2.C17H24/c1-5-7-14-10-17(19-13(4)16(14)6-2)15-9-8-12(3)18-11-15;1-3-4-8-15-10-12-16(13-11-15)17-9-6-5-7-14(17)2/h5-11H,2H2,1,3-4H3;3,5-7,9,15-16H,1,4,8,10-13H2,2H3/b7-5-;. The van der Waals surface area contributed by atoms with Gasteiger partial charge in [0.2, 0.25) is 0 Å². The summed E-state index contributed by atoms with van der Waals surface area (Å²) in [6.45, 7) is 15.9. The molecule has 0 spiro atoms. The van der Waals surface area contributed by atoms with Crippen molar-refractivity contribution >= 4 is 12.2 Å². The van der Waals surface area contributed by atoms with Gasteiger partial charge in [0.1, 0.15) is 0 Å². The highest BCUT2D eigenvalue weighted by Gasteiger charge is 2.22. The first-order chi connectivity index (χ1) is 17.5. The van der Waals surface area contributed by atoms with Crippen LogP contribution < -0.4 is 0 Å². The van der Waals surface area contributed by atoms with Gasteiger partial charge >= 0.3 is 0 Å². The molecule has 2 nitrogen and oxygen atoms in total. The van der Waals surface area contributed by atoms with Gasteiger partial charge in [-0.15, -0.1) is 6.58 Å². The fraction of sp³-hybridized carbons (Fsp3) is 0.353. The van der Waals surface area contributed by atoms with Crippen LogP contribution in [0.1, 0.15) is 85.0 Å². The minimum atomic E-state index is 0.816. The van der Waals surface area contributed by atoms with Crippen molar-refractivity contribution in [1.29, 1.82) is 0 Å². The molecule has 1 aliphatic rings. The summed E-state index contributed by atoms with van der Waals surface area (Å²) in [7, 11) is 0. The average molecular weight is 479 g/mol. The Hall–Kier alpha value is -3.26. The molecule has 1 saturated carbocycles. The number of benzene rings is 1. The molecule has 1 aromatic carbocycles. The van der Waals surface area contributed by atoms with Crippen molar-refractivity contribution in [3.05, 3.63) is 108 Å². The highest BCUT2D eigenvalue weighted by Crippen LogP contribution is 2.38. The number of aromatic nitrogens is 2. The fourth-order valence-corrected chi connectivity index (χ4v) is 5.22. The normalized spacial score (nSPS) is 17.3. The molecule has 0 radical (unpaired) electrons. The quantitative estimate of drug-likeness (QED) is 0.316. The molecule has 4 rings (SSSR count). The maximum atomic E-state index is 4.64. The maximum absolute atomic E-state index is 4.64. The number of allylic oxidation sites excluding steroid dienone is 2. The van der Waals surface area contributed by atoms with Crippen LogP contribution in [-0.4, -0.2) is 9.97 Å². The molecule has 2 heterocycles. The summed E-state index contributed by atoms with van der Waals surface area (Å²) in [6.07, 6.45) is 18.0. The monoisotopic (exact) mass is 478 g/mol. The Bertz CT molecular complexity index is 1160. The largest absolute Gasteiger partial charge is 0.261 e. The third-order valence-corrected chi connectivity index (χ3v) is 7.29. The highest BCUT2D eigenvalue weighted by atomic mass is 14.7. The van der Waals surface area contributed by atoms with Gasteiger partial charge in [-0.3, -0.25) is 9.97 Å². The van der Waals surface area contributed by atoms with Gasteiger partial charge in [0.05, 0.1) is 5.69 Å². The molecular formula is C34H42N2. The molecular weight excluding hydrogens is 436 g/mol. The highest BCUT2D eigenvalue weighted by molar-refractivity contribution is 5.71. The Morgan fingerprint density at radius 1 is 0.972 bits per heavy atom. The fourth-order valence-electron chi connectivity index (χ4n) is 5.22. The van der Waals surface area contributed by atoms with Crippen molar-refractivity contribution in [3.8, 4) is 11.3 Å². The third kappa shape index (κ3) is 7.37. The van der Waals surface area contributed by atoms with E-state index in [0.29, 0.717) is 0 Å². The van der Waals surface area contributed by atoms with E-state index in [1.165, 1.54) is 44.1 Å². The number of nitrogens with zero attached hydrogens (tertiary/aromatic N) is 2. The van der Waals surface area contributed by atoms with Gasteiger partial charge in [-0.05, 0) is 113 Å². The van der Waals surface area contributed by atoms with E-state index in [1.54, 1.807) is 5.56 Å². The Morgan fingerprint density at radius 2 is 1.72 bits per heavy atom. The number of aryl methyl sites for hydroxylation is 3. The van der Waals surface area contributed by atoms with Crippen LogP contribution in [0.2, 0.25) is 0 Å². The summed E-state index contributed by atoms with van der Waals surface area (Å²) in [4.78, 5) is 8.97. The Balaban J connectivity index is 0.000000202. The van der Waals surface area contributed by atoms with Crippen molar-refractivity contribution in [2.45, 2.75) is 72.1 Å². The molecule has 36 heavy (non-hydrogen) atoms. The van der Waals surface area contributed by atoms with E-state index < -0.39 is 0 Å². The van der Waals surface area contributed by atoms with E-state index in [-0.39, 0.29) is 0 Å². The van der Waals surface area contributed by atoms with E-state index >= 15 is 0 Å². The summed E-state index contributed by atoms with van der Waals surface area (Å²) in [5, 5.41) is 0. The van der Waals surface area contributed by atoms with Crippen molar-refractivity contribution in [1.82, 2.24) is 9.97 Å². The van der Waals surface area contributed by atoms with Gasteiger partial charge in [0.15, 0.2) is 0 Å². The molecule has 0 aliphatic heterocycles. The Kier molecular flexibility index (Phi) is 10.4. The van der Waals surface area contributed by atoms with Gasteiger partial charge in [-0.1, -0.05) is 55.1 Å². The van der Waals surface area contributed by atoms with Crippen LogP contribution in [0.4, 0.5) is 0 Å². The van der Waals surface area contributed by atoms with Crippen molar-refractivity contribution in [2.75, 3.05) is 0 Å². The molecule has 188 valence electrons. The van der Waals surface area contributed by atoms with Gasteiger partial charge < -0.3 is 0 Å². The van der Waals surface area contributed by atoms with Crippen LogP contribution in [-0.2, 0) is 0 Å². The second-order valence-electron chi connectivity index (χ2n) is 9.93. The molecule has 0 N–H and O–H groups in total. The van der Waals surface area contributed by atoms with Crippen LogP contribution in [0, 0.1) is 26.7 Å². The first-order valence-electron chi connectivity index (χ1n) is 13.3. The molecule has 0 saturated heterocycles. The van der Waals surface area contributed by atoms with Crippen LogP contribution in [0.15, 0.2) is 74.0 Å². The lowest BCUT2D eigenvalue weighted by Gasteiger charge is -2.29. The summed E-state index contributed by atoms with van der Waals surface area (Å²) in [5.74, 6) is 1.77. The summed E-state index contributed by atoms with van der Waals surface area (Å²) < 4.78 is 0. The summed E-state index contributed by atoms with van der Waals surface area (Å²) >= 11 is 0. The Morgan fingerprint density at radius 3 is 2.33 bits per heavy atom. The number of hydrogen-bond acceptors (Lipinski definition) is 2. The molecule has 2 aromatic heterocycles. The molecule has 2 heteroatoms. The number of pyridine rings is 2. The van der Waals surface area contributed by atoms with Crippen molar-refractivity contribution in [3.63, 3.8) is 0 Å². The molecule has 1 fully saturated rings. The first kappa shape index (κ1) is 27.3. The van der Waals surface area contributed by atoms with E-state index in [1.807, 2.05) is 45.2 Å². The maximum Gasteiger partial charge on any atom is 0.0727 e.